The summed E-state index contributed by atoms with van der Waals surface area (Å²) in [5, 5.41) is 5.19. The molecule has 27 heavy (non-hydrogen) atoms. The predicted molar refractivity (Wildman–Crippen MR) is 105 cm³/mol. The van der Waals surface area contributed by atoms with Crippen LogP contribution in [-0.2, 0) is 11.3 Å². The van der Waals surface area contributed by atoms with Gasteiger partial charge in [0.1, 0.15) is 0 Å². The van der Waals surface area contributed by atoms with Gasteiger partial charge in [0, 0.05) is 18.4 Å². The lowest BCUT2D eigenvalue weighted by atomic mass is 10.1. The average molecular weight is 372 g/mol. The Bertz CT molecular complexity index is 858. The summed E-state index contributed by atoms with van der Waals surface area (Å²) in [6.45, 7) is 6.60. The molecular formula is C20H28N4O3. The van der Waals surface area contributed by atoms with E-state index >= 15 is 0 Å². The molecule has 0 saturated heterocycles. The van der Waals surface area contributed by atoms with Crippen LogP contribution < -0.4 is 16.4 Å². The van der Waals surface area contributed by atoms with E-state index in [0.29, 0.717) is 29.7 Å². The van der Waals surface area contributed by atoms with Crippen molar-refractivity contribution in [2.24, 2.45) is 5.92 Å². The maximum absolute atomic E-state index is 12.6. The lowest BCUT2D eigenvalue weighted by Gasteiger charge is -2.12. The van der Waals surface area contributed by atoms with E-state index in [-0.39, 0.29) is 17.2 Å². The van der Waals surface area contributed by atoms with Crippen molar-refractivity contribution in [3.05, 3.63) is 40.3 Å². The number of aromatic nitrogens is 2. The van der Waals surface area contributed by atoms with Gasteiger partial charge in [-0.05, 0) is 24.8 Å². The Labute approximate surface area is 159 Å². The highest BCUT2D eigenvalue weighted by Gasteiger charge is 2.17. The van der Waals surface area contributed by atoms with Gasteiger partial charge in [-0.3, -0.25) is 25.2 Å². The van der Waals surface area contributed by atoms with Gasteiger partial charge in [0.25, 0.3) is 11.5 Å². The molecule has 0 aliphatic heterocycles. The smallest absolute Gasteiger partial charge is 0.273 e. The SMILES string of the molecule is CCCCCn1nc(C(=O)NNC(=O)CCC(C)C)c2ccccc2c1=O. The number of carbonyl (C=O) groups is 2. The van der Waals surface area contributed by atoms with E-state index < -0.39 is 5.91 Å². The summed E-state index contributed by atoms with van der Waals surface area (Å²) >= 11 is 0. The third-order valence-corrected chi connectivity index (χ3v) is 4.32. The monoisotopic (exact) mass is 372 g/mol. The predicted octanol–water partition coefficient (Wildman–Crippen LogP) is 2.78. The summed E-state index contributed by atoms with van der Waals surface area (Å²) in [6, 6.07) is 6.89. The molecule has 0 aliphatic carbocycles. The van der Waals surface area contributed by atoms with E-state index in [1.54, 1.807) is 24.3 Å². The molecule has 2 N–H and O–H groups in total. The molecule has 146 valence electrons. The number of hydrazine groups is 1. The standard InChI is InChI=1S/C20H28N4O3/c1-4-5-8-13-24-20(27)16-10-7-6-9-15(16)18(23-24)19(26)22-21-17(25)12-11-14(2)3/h6-7,9-10,14H,4-5,8,11-13H2,1-3H3,(H,21,25)(H,22,26). The van der Waals surface area contributed by atoms with Crippen LogP contribution in [0.1, 0.15) is 63.4 Å². The zero-order chi connectivity index (χ0) is 19.8. The Kier molecular flexibility index (Phi) is 7.52. The van der Waals surface area contributed by atoms with Gasteiger partial charge in [-0.1, -0.05) is 51.8 Å². The van der Waals surface area contributed by atoms with Gasteiger partial charge < -0.3 is 0 Å². The zero-order valence-corrected chi connectivity index (χ0v) is 16.2. The van der Waals surface area contributed by atoms with Gasteiger partial charge in [-0.2, -0.15) is 5.10 Å². The first-order valence-corrected chi connectivity index (χ1v) is 9.53. The molecule has 1 aromatic carbocycles. The number of benzene rings is 1. The molecular weight excluding hydrogens is 344 g/mol. The van der Waals surface area contributed by atoms with E-state index in [4.69, 9.17) is 0 Å². The van der Waals surface area contributed by atoms with Crippen LogP contribution in [0.4, 0.5) is 0 Å². The Hall–Kier alpha value is -2.70. The molecule has 0 bridgehead atoms. The second kappa shape index (κ2) is 9.85. The number of fused-ring (bicyclic) bond motifs is 1. The van der Waals surface area contributed by atoms with Crippen LogP contribution in [0.3, 0.4) is 0 Å². The van der Waals surface area contributed by atoms with Crippen LogP contribution in [0.15, 0.2) is 29.1 Å². The fraction of sp³-hybridized carbons (Fsp3) is 0.500. The molecule has 7 nitrogen and oxygen atoms in total. The number of hydrogen-bond donors (Lipinski definition) is 2. The Morgan fingerprint density at radius 1 is 1.11 bits per heavy atom. The normalized spacial score (nSPS) is 11.0. The third kappa shape index (κ3) is 5.64. The molecule has 0 atom stereocenters. The Morgan fingerprint density at radius 3 is 2.48 bits per heavy atom. The number of hydrogen-bond acceptors (Lipinski definition) is 4. The lowest BCUT2D eigenvalue weighted by molar-refractivity contribution is -0.122. The highest BCUT2D eigenvalue weighted by molar-refractivity contribution is 6.05. The molecule has 0 saturated carbocycles. The molecule has 2 rings (SSSR count). The quantitative estimate of drug-likeness (QED) is 0.550. The topological polar surface area (TPSA) is 93.1 Å². The highest BCUT2D eigenvalue weighted by Crippen LogP contribution is 2.13. The molecule has 1 heterocycles. The van der Waals surface area contributed by atoms with Crippen LogP contribution in [0, 0.1) is 5.92 Å². The molecule has 0 aliphatic rings. The minimum atomic E-state index is -0.534. The van der Waals surface area contributed by atoms with Crippen LogP contribution in [0.2, 0.25) is 0 Å². The first-order valence-electron chi connectivity index (χ1n) is 9.53. The summed E-state index contributed by atoms with van der Waals surface area (Å²) in [4.78, 5) is 37.0. The summed E-state index contributed by atoms with van der Waals surface area (Å²) in [7, 11) is 0. The number of unbranched alkanes of at least 4 members (excludes halogenated alkanes) is 2. The van der Waals surface area contributed by atoms with Gasteiger partial charge in [0.05, 0.1) is 5.39 Å². The van der Waals surface area contributed by atoms with Crippen LogP contribution in [0.5, 0.6) is 0 Å². The second-order valence-electron chi connectivity index (χ2n) is 7.06. The van der Waals surface area contributed by atoms with Crippen LogP contribution in [0.25, 0.3) is 10.8 Å². The molecule has 2 amide bonds. The van der Waals surface area contributed by atoms with Gasteiger partial charge in [0.2, 0.25) is 5.91 Å². The Balaban J connectivity index is 2.22. The molecule has 1 aromatic heterocycles. The summed E-state index contributed by atoms with van der Waals surface area (Å²) in [5.74, 6) is -0.380. The van der Waals surface area contributed by atoms with Crippen molar-refractivity contribution in [1.82, 2.24) is 20.6 Å². The zero-order valence-electron chi connectivity index (χ0n) is 16.2. The summed E-state index contributed by atoms with van der Waals surface area (Å²) < 4.78 is 1.34. The minimum absolute atomic E-state index is 0.130. The number of nitrogens with one attached hydrogen (secondary N) is 2. The summed E-state index contributed by atoms with van der Waals surface area (Å²) in [6.07, 6.45) is 3.90. The number of aryl methyl sites for hydroxylation is 1. The van der Waals surface area contributed by atoms with E-state index in [9.17, 15) is 14.4 Å². The fourth-order valence-electron chi connectivity index (χ4n) is 2.73. The molecule has 0 radical (unpaired) electrons. The maximum atomic E-state index is 12.6. The molecule has 0 unspecified atom stereocenters. The van der Waals surface area contributed by atoms with Gasteiger partial charge in [0.15, 0.2) is 5.69 Å². The van der Waals surface area contributed by atoms with Gasteiger partial charge in [-0.15, -0.1) is 0 Å². The third-order valence-electron chi connectivity index (χ3n) is 4.32. The number of rotatable bonds is 8. The number of amides is 2. The second-order valence-corrected chi connectivity index (χ2v) is 7.06. The highest BCUT2D eigenvalue weighted by atomic mass is 16.2. The van der Waals surface area contributed by atoms with E-state index in [2.05, 4.69) is 22.9 Å². The van der Waals surface area contributed by atoms with Crippen molar-refractivity contribution >= 4 is 22.6 Å². The fourth-order valence-corrected chi connectivity index (χ4v) is 2.73. The Morgan fingerprint density at radius 2 is 1.81 bits per heavy atom. The first kappa shape index (κ1) is 20.6. The largest absolute Gasteiger partial charge is 0.290 e. The summed E-state index contributed by atoms with van der Waals surface area (Å²) in [5.41, 5.74) is 4.76. The number of carbonyl (C=O) groups excluding carboxylic acids is 2. The molecule has 7 heteroatoms. The molecule has 0 spiro atoms. The van der Waals surface area contributed by atoms with Crippen molar-refractivity contribution in [1.29, 1.82) is 0 Å². The van der Waals surface area contributed by atoms with Crippen LogP contribution >= 0.6 is 0 Å². The van der Waals surface area contributed by atoms with Crippen molar-refractivity contribution < 1.29 is 9.59 Å². The van der Waals surface area contributed by atoms with Crippen molar-refractivity contribution in [3.63, 3.8) is 0 Å². The van der Waals surface area contributed by atoms with E-state index in [1.807, 2.05) is 13.8 Å². The minimum Gasteiger partial charge on any atom is -0.273 e. The lowest BCUT2D eigenvalue weighted by Crippen LogP contribution is -2.42. The van der Waals surface area contributed by atoms with Crippen molar-refractivity contribution in [3.8, 4) is 0 Å². The number of nitrogens with zero attached hydrogens (tertiary/aromatic N) is 2. The van der Waals surface area contributed by atoms with Gasteiger partial charge in [-0.25, -0.2) is 4.68 Å². The van der Waals surface area contributed by atoms with Crippen LogP contribution in [-0.4, -0.2) is 21.6 Å². The van der Waals surface area contributed by atoms with Gasteiger partial charge >= 0.3 is 0 Å². The van der Waals surface area contributed by atoms with Crippen molar-refractivity contribution in [2.45, 2.75) is 59.4 Å². The first-order chi connectivity index (χ1) is 12.9. The van der Waals surface area contributed by atoms with E-state index in [1.165, 1.54) is 4.68 Å². The van der Waals surface area contributed by atoms with E-state index in [0.717, 1.165) is 25.7 Å². The van der Waals surface area contributed by atoms with Crippen molar-refractivity contribution in [2.75, 3.05) is 0 Å². The molecule has 2 aromatic rings. The molecule has 0 fully saturated rings. The average Bonchev–Trinajstić information content (AvgIpc) is 2.66. The maximum Gasteiger partial charge on any atom is 0.290 e.